The minimum Gasteiger partial charge on any atom is -0.493 e. The highest BCUT2D eigenvalue weighted by Crippen LogP contribution is 2.27. The summed E-state index contributed by atoms with van der Waals surface area (Å²) in [6.45, 7) is 0.790. The molecule has 1 aliphatic rings. The van der Waals surface area contributed by atoms with Crippen molar-refractivity contribution >= 4 is 10.0 Å². The lowest BCUT2D eigenvalue weighted by atomic mass is 10.1. The van der Waals surface area contributed by atoms with Gasteiger partial charge < -0.3 is 4.74 Å². The summed E-state index contributed by atoms with van der Waals surface area (Å²) in [6, 6.07) is 10.6. The van der Waals surface area contributed by atoms with Crippen LogP contribution in [0.3, 0.4) is 0 Å². The van der Waals surface area contributed by atoms with E-state index in [-0.39, 0.29) is 17.3 Å². The van der Waals surface area contributed by atoms with Crippen molar-refractivity contribution in [3.63, 3.8) is 0 Å². The van der Waals surface area contributed by atoms with E-state index in [9.17, 15) is 12.8 Å². The standard InChI is InChI=1S/C16H16FNO3S/c17-14-5-3-12(4-6-14)11-18-22(19,20)15-7-8-16-13(10-15)2-1-9-21-16/h3-8,10,18H,1-2,9,11H2. The third kappa shape index (κ3) is 3.28. The lowest BCUT2D eigenvalue weighted by Crippen LogP contribution is -2.23. The number of rotatable bonds is 4. The number of hydrogen-bond donors (Lipinski definition) is 1. The highest BCUT2D eigenvalue weighted by atomic mass is 32.2. The highest BCUT2D eigenvalue weighted by Gasteiger charge is 2.18. The average Bonchev–Trinajstić information content (AvgIpc) is 2.54. The Labute approximate surface area is 129 Å². The monoisotopic (exact) mass is 321 g/mol. The molecule has 6 heteroatoms. The fourth-order valence-electron chi connectivity index (χ4n) is 2.37. The number of hydrogen-bond acceptors (Lipinski definition) is 3. The molecule has 0 unspecified atom stereocenters. The summed E-state index contributed by atoms with van der Waals surface area (Å²) < 4.78 is 45.5. The van der Waals surface area contributed by atoms with Crippen molar-refractivity contribution in [1.29, 1.82) is 0 Å². The first-order chi connectivity index (χ1) is 10.5. The molecule has 0 fully saturated rings. The van der Waals surface area contributed by atoms with Gasteiger partial charge in [-0.15, -0.1) is 0 Å². The molecule has 0 atom stereocenters. The van der Waals surface area contributed by atoms with E-state index in [1.165, 1.54) is 18.2 Å². The first-order valence-electron chi connectivity index (χ1n) is 7.04. The lowest BCUT2D eigenvalue weighted by Gasteiger charge is -2.18. The summed E-state index contributed by atoms with van der Waals surface area (Å²) in [7, 11) is -3.60. The number of fused-ring (bicyclic) bond motifs is 1. The van der Waals surface area contributed by atoms with Crippen LogP contribution in [0.5, 0.6) is 5.75 Å². The Hall–Kier alpha value is -1.92. The largest absolute Gasteiger partial charge is 0.493 e. The molecule has 0 spiro atoms. The first kappa shape index (κ1) is 15.0. The Kier molecular flexibility index (Phi) is 4.13. The number of ether oxygens (including phenoxy) is 1. The molecule has 4 nitrogen and oxygen atoms in total. The number of sulfonamides is 1. The molecule has 0 saturated heterocycles. The van der Waals surface area contributed by atoms with Crippen LogP contribution < -0.4 is 9.46 Å². The van der Waals surface area contributed by atoms with Crippen molar-refractivity contribution in [3.8, 4) is 5.75 Å². The SMILES string of the molecule is O=S(=O)(NCc1ccc(F)cc1)c1ccc2c(c1)CCCO2. The maximum Gasteiger partial charge on any atom is 0.240 e. The van der Waals surface area contributed by atoms with Gasteiger partial charge in [0.2, 0.25) is 10.0 Å². The highest BCUT2D eigenvalue weighted by molar-refractivity contribution is 7.89. The molecule has 0 radical (unpaired) electrons. The van der Waals surface area contributed by atoms with Crippen LogP contribution in [0.25, 0.3) is 0 Å². The maximum absolute atomic E-state index is 12.8. The molecule has 1 aliphatic heterocycles. The molecular formula is C16H16FNO3S. The topological polar surface area (TPSA) is 55.4 Å². The van der Waals surface area contributed by atoms with Crippen molar-refractivity contribution in [1.82, 2.24) is 4.72 Å². The van der Waals surface area contributed by atoms with E-state index in [2.05, 4.69) is 4.72 Å². The van der Waals surface area contributed by atoms with Crippen LogP contribution >= 0.6 is 0 Å². The predicted molar refractivity (Wildman–Crippen MR) is 80.7 cm³/mol. The molecule has 22 heavy (non-hydrogen) atoms. The van der Waals surface area contributed by atoms with Gasteiger partial charge in [0.05, 0.1) is 11.5 Å². The molecule has 0 amide bonds. The van der Waals surface area contributed by atoms with E-state index in [0.29, 0.717) is 12.2 Å². The van der Waals surface area contributed by atoms with Gasteiger partial charge in [-0.05, 0) is 54.3 Å². The van der Waals surface area contributed by atoms with Gasteiger partial charge in [0.15, 0.2) is 0 Å². The molecule has 0 aliphatic carbocycles. The zero-order valence-electron chi connectivity index (χ0n) is 11.9. The lowest BCUT2D eigenvalue weighted by molar-refractivity contribution is 0.288. The quantitative estimate of drug-likeness (QED) is 0.942. The second-order valence-electron chi connectivity index (χ2n) is 5.17. The first-order valence-corrected chi connectivity index (χ1v) is 8.53. The van der Waals surface area contributed by atoms with Gasteiger partial charge in [-0.3, -0.25) is 0 Å². The zero-order valence-corrected chi connectivity index (χ0v) is 12.7. The Bertz CT molecular complexity index is 772. The molecule has 0 saturated carbocycles. The second-order valence-corrected chi connectivity index (χ2v) is 6.94. The Balaban J connectivity index is 1.76. The summed E-state index contributed by atoms with van der Waals surface area (Å²) in [5.41, 5.74) is 1.61. The van der Waals surface area contributed by atoms with Crippen LogP contribution in [0.15, 0.2) is 47.4 Å². The minimum atomic E-state index is -3.60. The van der Waals surface area contributed by atoms with Gasteiger partial charge in [0.25, 0.3) is 0 Å². The molecule has 2 aromatic carbocycles. The van der Waals surface area contributed by atoms with Crippen LogP contribution in [-0.4, -0.2) is 15.0 Å². The normalized spacial score (nSPS) is 14.2. The van der Waals surface area contributed by atoms with Crippen molar-refractivity contribution in [2.45, 2.75) is 24.3 Å². The molecule has 1 N–H and O–H groups in total. The fraction of sp³-hybridized carbons (Fsp3) is 0.250. The van der Waals surface area contributed by atoms with Crippen LogP contribution in [0, 0.1) is 5.82 Å². The summed E-state index contributed by atoms with van der Waals surface area (Å²) >= 11 is 0. The molecule has 0 aromatic heterocycles. The van der Waals surface area contributed by atoms with Gasteiger partial charge >= 0.3 is 0 Å². The van der Waals surface area contributed by atoms with Crippen molar-refractivity contribution in [3.05, 3.63) is 59.4 Å². The molecule has 116 valence electrons. The third-order valence-electron chi connectivity index (χ3n) is 3.57. The molecular weight excluding hydrogens is 305 g/mol. The van der Waals surface area contributed by atoms with Crippen LogP contribution in [0.2, 0.25) is 0 Å². The summed E-state index contributed by atoms with van der Waals surface area (Å²) in [5.74, 6) is 0.407. The van der Waals surface area contributed by atoms with E-state index in [4.69, 9.17) is 4.74 Å². The second kappa shape index (κ2) is 6.06. The van der Waals surface area contributed by atoms with Crippen LogP contribution in [0.1, 0.15) is 17.5 Å². The number of halogens is 1. The Morgan fingerprint density at radius 3 is 2.68 bits per heavy atom. The summed E-state index contributed by atoms with van der Waals surface area (Å²) in [6.07, 6.45) is 1.70. The maximum atomic E-state index is 12.8. The number of aryl methyl sites for hydroxylation is 1. The third-order valence-corrected chi connectivity index (χ3v) is 4.97. The van der Waals surface area contributed by atoms with E-state index in [1.54, 1.807) is 24.3 Å². The molecule has 3 rings (SSSR count). The zero-order chi connectivity index (χ0) is 15.6. The Morgan fingerprint density at radius 1 is 1.14 bits per heavy atom. The van der Waals surface area contributed by atoms with E-state index in [0.717, 1.165) is 24.2 Å². The summed E-state index contributed by atoms with van der Waals surface area (Å²) in [5, 5.41) is 0. The van der Waals surface area contributed by atoms with Crippen LogP contribution in [-0.2, 0) is 23.0 Å². The average molecular weight is 321 g/mol. The number of benzene rings is 2. The van der Waals surface area contributed by atoms with E-state index < -0.39 is 10.0 Å². The van der Waals surface area contributed by atoms with E-state index >= 15 is 0 Å². The fourth-order valence-corrected chi connectivity index (χ4v) is 3.44. The van der Waals surface area contributed by atoms with Gasteiger partial charge in [0, 0.05) is 6.54 Å². The van der Waals surface area contributed by atoms with Gasteiger partial charge in [-0.25, -0.2) is 17.5 Å². The van der Waals surface area contributed by atoms with Crippen molar-refractivity contribution in [2.24, 2.45) is 0 Å². The Morgan fingerprint density at radius 2 is 1.91 bits per heavy atom. The number of nitrogens with one attached hydrogen (secondary N) is 1. The van der Waals surface area contributed by atoms with Gasteiger partial charge in [-0.2, -0.15) is 0 Å². The predicted octanol–water partition coefficient (Wildman–Crippen LogP) is 2.63. The smallest absolute Gasteiger partial charge is 0.240 e. The summed E-state index contributed by atoms with van der Waals surface area (Å²) in [4.78, 5) is 0.221. The molecule has 1 heterocycles. The molecule has 0 bridgehead atoms. The van der Waals surface area contributed by atoms with Crippen molar-refractivity contribution < 1.29 is 17.5 Å². The van der Waals surface area contributed by atoms with E-state index in [1.807, 2.05) is 0 Å². The van der Waals surface area contributed by atoms with Gasteiger partial charge in [-0.1, -0.05) is 12.1 Å². The van der Waals surface area contributed by atoms with Gasteiger partial charge in [0.1, 0.15) is 11.6 Å². The van der Waals surface area contributed by atoms with Crippen LogP contribution in [0.4, 0.5) is 4.39 Å². The molecule has 2 aromatic rings. The minimum absolute atomic E-state index is 0.121. The van der Waals surface area contributed by atoms with Crippen molar-refractivity contribution in [2.75, 3.05) is 6.61 Å².